The fraction of sp³-hybridized carbons (Fsp3) is 0.125. The normalized spacial score (nSPS) is 10.8. The predicted molar refractivity (Wildman–Crippen MR) is 52.8 cm³/mol. The molecule has 0 heterocycles. The lowest BCUT2D eigenvalue weighted by Crippen LogP contribution is -1.90. The van der Waals surface area contributed by atoms with Gasteiger partial charge in [-0.2, -0.15) is 5.10 Å². The van der Waals surface area contributed by atoms with E-state index >= 15 is 0 Å². The van der Waals surface area contributed by atoms with Crippen LogP contribution in [0.1, 0.15) is 5.56 Å². The third kappa shape index (κ3) is 2.40. The highest BCUT2D eigenvalue weighted by atomic mass is 35.5. The molecule has 0 unspecified atom stereocenters. The minimum absolute atomic E-state index is 0.631. The Labute approximate surface area is 81.0 Å². The van der Waals surface area contributed by atoms with Gasteiger partial charge in [0, 0.05) is 22.7 Å². The van der Waals surface area contributed by atoms with E-state index in [9.17, 15) is 0 Å². The molecular weight excluding hydrogens is 195 g/mol. The van der Waals surface area contributed by atoms with Crippen LogP contribution < -0.4 is 5.84 Å². The molecule has 0 radical (unpaired) electrons. The Kier molecular flexibility index (Phi) is 3.38. The first-order chi connectivity index (χ1) is 5.74. The average Bonchev–Trinajstić information content (AvgIpc) is 2.03. The lowest BCUT2D eigenvalue weighted by atomic mass is 10.2. The third-order valence-electron chi connectivity index (χ3n) is 1.43. The second-order valence-electron chi connectivity index (χ2n) is 2.27. The van der Waals surface area contributed by atoms with E-state index in [-0.39, 0.29) is 0 Å². The smallest absolute Gasteiger partial charge is 0.0456 e. The molecule has 12 heavy (non-hydrogen) atoms. The zero-order valence-electron chi connectivity index (χ0n) is 6.30. The predicted octanol–water partition coefficient (Wildman–Crippen LogP) is 2.48. The first kappa shape index (κ1) is 9.36. The molecule has 1 aromatic rings. The van der Waals surface area contributed by atoms with E-state index in [0.29, 0.717) is 16.5 Å². The van der Waals surface area contributed by atoms with Crippen molar-refractivity contribution in [1.82, 2.24) is 0 Å². The van der Waals surface area contributed by atoms with Crippen LogP contribution in [0.15, 0.2) is 23.3 Å². The summed E-state index contributed by atoms with van der Waals surface area (Å²) in [5, 5.41) is 4.65. The van der Waals surface area contributed by atoms with E-state index in [4.69, 9.17) is 29.0 Å². The van der Waals surface area contributed by atoms with Crippen molar-refractivity contribution in [3.05, 3.63) is 33.8 Å². The van der Waals surface area contributed by atoms with Gasteiger partial charge in [0.2, 0.25) is 0 Å². The molecule has 0 aliphatic heterocycles. The molecule has 0 fully saturated rings. The maximum absolute atomic E-state index is 5.88. The van der Waals surface area contributed by atoms with E-state index in [1.54, 1.807) is 18.3 Å². The number of benzene rings is 1. The first-order valence-corrected chi connectivity index (χ1v) is 4.15. The Bertz CT molecular complexity index is 297. The third-order valence-corrected chi connectivity index (χ3v) is 2.02. The van der Waals surface area contributed by atoms with Crippen molar-refractivity contribution in [2.24, 2.45) is 10.9 Å². The minimum atomic E-state index is 0.631. The first-order valence-electron chi connectivity index (χ1n) is 3.39. The van der Waals surface area contributed by atoms with Crippen LogP contribution in [0, 0.1) is 0 Å². The van der Waals surface area contributed by atoms with Crippen LogP contribution in [0.25, 0.3) is 0 Å². The van der Waals surface area contributed by atoms with Crippen LogP contribution in [0.3, 0.4) is 0 Å². The molecule has 0 aliphatic rings. The van der Waals surface area contributed by atoms with Gasteiger partial charge in [-0.15, -0.1) is 0 Å². The number of hydrogen-bond acceptors (Lipinski definition) is 2. The number of hydrazone groups is 1. The Morgan fingerprint density at radius 2 is 2.17 bits per heavy atom. The SMILES string of the molecule is N/N=C/Cc1ccc(Cl)cc1Cl. The molecule has 1 rings (SSSR count). The molecule has 0 aliphatic carbocycles. The number of halogens is 2. The van der Waals surface area contributed by atoms with Crippen molar-refractivity contribution in [2.45, 2.75) is 6.42 Å². The van der Waals surface area contributed by atoms with Crippen LogP contribution in [0.2, 0.25) is 10.0 Å². The van der Waals surface area contributed by atoms with Crippen LogP contribution in [-0.4, -0.2) is 6.21 Å². The maximum Gasteiger partial charge on any atom is 0.0456 e. The zero-order valence-corrected chi connectivity index (χ0v) is 7.81. The number of hydrogen-bond donors (Lipinski definition) is 1. The molecule has 64 valence electrons. The van der Waals surface area contributed by atoms with Crippen molar-refractivity contribution < 1.29 is 0 Å². The quantitative estimate of drug-likeness (QED) is 0.447. The van der Waals surface area contributed by atoms with Gasteiger partial charge in [0.15, 0.2) is 0 Å². The molecule has 0 atom stereocenters. The molecular formula is C8H8Cl2N2. The topological polar surface area (TPSA) is 38.4 Å². The van der Waals surface area contributed by atoms with Gasteiger partial charge in [0.1, 0.15) is 0 Å². The van der Waals surface area contributed by atoms with Gasteiger partial charge in [-0.05, 0) is 17.7 Å². The highest BCUT2D eigenvalue weighted by Gasteiger charge is 1.98. The van der Waals surface area contributed by atoms with Gasteiger partial charge in [-0.25, -0.2) is 0 Å². The summed E-state index contributed by atoms with van der Waals surface area (Å²) in [5.74, 6) is 4.96. The van der Waals surface area contributed by atoms with E-state index in [1.165, 1.54) is 0 Å². The molecule has 2 nitrogen and oxygen atoms in total. The second-order valence-corrected chi connectivity index (χ2v) is 3.12. The molecule has 0 aromatic heterocycles. The Hall–Kier alpha value is -0.730. The zero-order chi connectivity index (χ0) is 8.97. The average molecular weight is 203 g/mol. The monoisotopic (exact) mass is 202 g/mol. The summed E-state index contributed by atoms with van der Waals surface area (Å²) in [6, 6.07) is 5.34. The molecule has 0 saturated heterocycles. The highest BCUT2D eigenvalue weighted by molar-refractivity contribution is 6.35. The van der Waals surface area contributed by atoms with Crippen LogP contribution in [-0.2, 0) is 6.42 Å². The lowest BCUT2D eigenvalue weighted by Gasteiger charge is -1.99. The number of rotatable bonds is 2. The van der Waals surface area contributed by atoms with Crippen LogP contribution >= 0.6 is 23.2 Å². The lowest BCUT2D eigenvalue weighted by molar-refractivity contribution is 1.23. The summed E-state index contributed by atoms with van der Waals surface area (Å²) in [4.78, 5) is 0. The highest BCUT2D eigenvalue weighted by Crippen LogP contribution is 2.20. The minimum Gasteiger partial charge on any atom is -0.324 e. The van der Waals surface area contributed by atoms with Gasteiger partial charge in [-0.3, -0.25) is 0 Å². The summed E-state index contributed by atoms with van der Waals surface area (Å²) in [6.45, 7) is 0. The van der Waals surface area contributed by atoms with Crippen molar-refractivity contribution in [2.75, 3.05) is 0 Å². The maximum atomic E-state index is 5.88. The summed E-state index contributed by atoms with van der Waals surface area (Å²) < 4.78 is 0. The van der Waals surface area contributed by atoms with Crippen molar-refractivity contribution >= 4 is 29.4 Å². The van der Waals surface area contributed by atoms with E-state index in [1.807, 2.05) is 6.07 Å². The van der Waals surface area contributed by atoms with Gasteiger partial charge in [0.05, 0.1) is 0 Å². The molecule has 0 bridgehead atoms. The number of nitrogens with zero attached hydrogens (tertiary/aromatic N) is 1. The number of nitrogens with two attached hydrogens (primary N) is 1. The van der Waals surface area contributed by atoms with E-state index < -0.39 is 0 Å². The van der Waals surface area contributed by atoms with Crippen LogP contribution in [0.5, 0.6) is 0 Å². The van der Waals surface area contributed by atoms with Crippen molar-refractivity contribution in [1.29, 1.82) is 0 Å². The van der Waals surface area contributed by atoms with Gasteiger partial charge in [0.25, 0.3) is 0 Å². The second kappa shape index (κ2) is 4.33. The summed E-state index contributed by atoms with van der Waals surface area (Å²) in [6.07, 6.45) is 2.22. The molecule has 4 heteroatoms. The van der Waals surface area contributed by atoms with Crippen molar-refractivity contribution in [3.63, 3.8) is 0 Å². The summed E-state index contributed by atoms with van der Waals surface area (Å²) in [7, 11) is 0. The summed E-state index contributed by atoms with van der Waals surface area (Å²) in [5.41, 5.74) is 0.968. The van der Waals surface area contributed by atoms with Gasteiger partial charge in [-0.1, -0.05) is 29.3 Å². The van der Waals surface area contributed by atoms with Gasteiger partial charge < -0.3 is 5.84 Å². The molecule has 1 aromatic carbocycles. The van der Waals surface area contributed by atoms with Crippen LogP contribution in [0.4, 0.5) is 0 Å². The summed E-state index contributed by atoms with van der Waals surface area (Å²) >= 11 is 11.6. The standard InChI is InChI=1S/C8H8Cl2N2/c9-7-2-1-6(3-4-12-11)8(10)5-7/h1-2,4-5H,3,11H2/b12-4+. The van der Waals surface area contributed by atoms with Crippen molar-refractivity contribution in [3.8, 4) is 0 Å². The molecule has 0 spiro atoms. The fourth-order valence-electron chi connectivity index (χ4n) is 0.838. The fourth-order valence-corrected chi connectivity index (χ4v) is 1.32. The molecule has 0 saturated carbocycles. The molecule has 2 N–H and O–H groups in total. The molecule has 0 amide bonds. The largest absolute Gasteiger partial charge is 0.324 e. The Morgan fingerprint density at radius 3 is 2.75 bits per heavy atom. The Morgan fingerprint density at radius 1 is 1.42 bits per heavy atom. The van der Waals surface area contributed by atoms with Gasteiger partial charge >= 0.3 is 0 Å². The van der Waals surface area contributed by atoms with E-state index in [2.05, 4.69) is 5.10 Å². The Balaban J connectivity index is 2.86. The van der Waals surface area contributed by atoms with E-state index in [0.717, 1.165) is 5.56 Å².